The molecule has 0 spiro atoms. The van der Waals surface area contributed by atoms with Crippen molar-refractivity contribution in [1.82, 2.24) is 19.9 Å². The number of piperidine rings is 1. The molecule has 3 heterocycles. The van der Waals surface area contributed by atoms with Gasteiger partial charge < -0.3 is 9.42 Å². The normalized spacial score (nSPS) is 19.4. The Kier molecular flexibility index (Phi) is 6.75. The maximum absolute atomic E-state index is 12.9. The van der Waals surface area contributed by atoms with Crippen LogP contribution in [0.2, 0.25) is 0 Å². The Morgan fingerprint density at radius 3 is 2.26 bits per heavy atom. The first-order chi connectivity index (χ1) is 14.9. The number of rotatable bonds is 4. The Morgan fingerprint density at radius 1 is 1.00 bits per heavy atom. The third kappa shape index (κ3) is 5.53. The fourth-order valence-corrected chi connectivity index (χ4v) is 4.63. The molecule has 1 aromatic carbocycles. The molecule has 1 amide bonds. The van der Waals surface area contributed by atoms with Crippen LogP contribution in [0.4, 0.5) is 0 Å². The van der Waals surface area contributed by atoms with Gasteiger partial charge in [-0.05, 0) is 49.8 Å². The van der Waals surface area contributed by atoms with E-state index in [1.807, 2.05) is 0 Å². The molecule has 31 heavy (non-hydrogen) atoms. The van der Waals surface area contributed by atoms with Crippen molar-refractivity contribution in [3.63, 3.8) is 0 Å². The van der Waals surface area contributed by atoms with E-state index in [0.29, 0.717) is 24.2 Å². The Morgan fingerprint density at radius 2 is 1.65 bits per heavy atom. The van der Waals surface area contributed by atoms with Crippen LogP contribution in [-0.2, 0) is 16.8 Å². The zero-order valence-corrected chi connectivity index (χ0v) is 19.3. The average Bonchev–Trinajstić information content (AvgIpc) is 3.05. The second kappa shape index (κ2) is 9.51. The molecule has 1 aromatic heterocycles. The molecule has 6 heteroatoms. The number of amides is 1. The first-order valence-electron chi connectivity index (χ1n) is 11.8. The summed E-state index contributed by atoms with van der Waals surface area (Å²) in [6, 6.07) is 8.40. The van der Waals surface area contributed by atoms with Gasteiger partial charge in [0.25, 0.3) is 0 Å². The minimum atomic E-state index is 0.127. The number of hydrogen-bond donors (Lipinski definition) is 0. The Labute approximate surface area is 186 Å². The van der Waals surface area contributed by atoms with Crippen molar-refractivity contribution in [1.29, 1.82) is 0 Å². The van der Waals surface area contributed by atoms with Crippen LogP contribution >= 0.6 is 0 Å². The van der Waals surface area contributed by atoms with Crippen LogP contribution in [0.3, 0.4) is 0 Å². The van der Waals surface area contributed by atoms with Gasteiger partial charge in [-0.1, -0.05) is 63.0 Å². The highest BCUT2D eigenvalue weighted by atomic mass is 16.5. The van der Waals surface area contributed by atoms with Gasteiger partial charge in [-0.15, -0.1) is 0 Å². The van der Waals surface area contributed by atoms with Gasteiger partial charge in [0.2, 0.25) is 17.6 Å². The van der Waals surface area contributed by atoms with Crippen molar-refractivity contribution in [2.45, 2.75) is 71.3 Å². The van der Waals surface area contributed by atoms with Crippen molar-refractivity contribution in [3.8, 4) is 11.4 Å². The van der Waals surface area contributed by atoms with E-state index >= 15 is 0 Å². The molecule has 0 atom stereocenters. The van der Waals surface area contributed by atoms with E-state index in [-0.39, 0.29) is 11.3 Å². The highest BCUT2D eigenvalue weighted by Gasteiger charge is 2.29. The topological polar surface area (TPSA) is 62.5 Å². The van der Waals surface area contributed by atoms with E-state index in [1.165, 1.54) is 18.4 Å². The summed E-state index contributed by atoms with van der Waals surface area (Å²) in [6.45, 7) is 11.0. The summed E-state index contributed by atoms with van der Waals surface area (Å²) in [5, 5.41) is 4.18. The molecule has 2 aliphatic heterocycles. The number of likely N-dealkylation sites (tertiary alicyclic amines) is 2. The molecule has 2 aromatic rings. The number of carbonyl (C=O) groups excluding carboxylic acids is 1. The monoisotopic (exact) mass is 424 g/mol. The predicted octanol–water partition coefficient (Wildman–Crippen LogP) is 4.65. The van der Waals surface area contributed by atoms with Crippen LogP contribution in [0.5, 0.6) is 0 Å². The maximum Gasteiger partial charge on any atom is 0.241 e. The first-order valence-corrected chi connectivity index (χ1v) is 11.8. The third-order valence-corrected chi connectivity index (χ3v) is 6.69. The summed E-state index contributed by atoms with van der Waals surface area (Å²) in [5.74, 6) is 1.84. The van der Waals surface area contributed by atoms with Crippen LogP contribution in [-0.4, -0.2) is 52.0 Å². The van der Waals surface area contributed by atoms with Gasteiger partial charge in [0.1, 0.15) is 0 Å². The van der Waals surface area contributed by atoms with Crippen molar-refractivity contribution in [3.05, 3.63) is 35.7 Å². The van der Waals surface area contributed by atoms with Crippen LogP contribution in [0.15, 0.2) is 28.8 Å². The van der Waals surface area contributed by atoms with Gasteiger partial charge in [-0.2, -0.15) is 4.98 Å². The van der Waals surface area contributed by atoms with Crippen LogP contribution in [0, 0.1) is 5.92 Å². The third-order valence-electron chi connectivity index (χ3n) is 6.69. The van der Waals surface area contributed by atoms with Crippen molar-refractivity contribution >= 4 is 5.91 Å². The van der Waals surface area contributed by atoms with Crippen LogP contribution in [0.25, 0.3) is 11.4 Å². The van der Waals surface area contributed by atoms with E-state index in [4.69, 9.17) is 4.52 Å². The Bertz CT molecular complexity index is 852. The van der Waals surface area contributed by atoms with E-state index in [2.05, 4.69) is 65.0 Å². The molecule has 0 N–H and O–H groups in total. The summed E-state index contributed by atoms with van der Waals surface area (Å²) >= 11 is 0. The molecule has 4 rings (SSSR count). The van der Waals surface area contributed by atoms with Crippen LogP contribution in [0.1, 0.15) is 70.8 Å². The molecule has 6 nitrogen and oxygen atoms in total. The minimum Gasteiger partial charge on any atom is -0.342 e. The van der Waals surface area contributed by atoms with Crippen molar-refractivity contribution < 1.29 is 9.32 Å². The molecular formula is C25H36N4O2. The zero-order valence-electron chi connectivity index (χ0n) is 19.3. The smallest absolute Gasteiger partial charge is 0.241 e. The van der Waals surface area contributed by atoms with Crippen molar-refractivity contribution in [2.24, 2.45) is 5.92 Å². The number of nitrogens with zero attached hydrogens (tertiary/aromatic N) is 4. The van der Waals surface area contributed by atoms with E-state index in [0.717, 1.165) is 57.4 Å². The SMILES string of the molecule is CC(C)(C)c1ccc(-c2noc(CN3CCC(C(=O)N4CCCCCC4)CC3)n2)cc1. The molecule has 2 fully saturated rings. The van der Waals surface area contributed by atoms with E-state index < -0.39 is 0 Å². The fourth-order valence-electron chi connectivity index (χ4n) is 4.63. The first kappa shape index (κ1) is 22.0. The summed E-state index contributed by atoms with van der Waals surface area (Å²) in [4.78, 5) is 21.9. The summed E-state index contributed by atoms with van der Waals surface area (Å²) in [5.41, 5.74) is 2.39. The number of carbonyl (C=O) groups is 1. The average molecular weight is 425 g/mol. The molecule has 0 unspecified atom stereocenters. The standard InChI is InChI=1S/C25H36N4O2/c1-25(2,3)21-10-8-19(9-11-21)23-26-22(31-27-23)18-28-16-12-20(13-17-28)24(30)29-14-6-4-5-7-15-29/h8-11,20H,4-7,12-18H2,1-3H3. The van der Waals surface area contributed by atoms with Gasteiger partial charge in [0, 0.05) is 24.6 Å². The van der Waals surface area contributed by atoms with Gasteiger partial charge in [0.15, 0.2) is 0 Å². The predicted molar refractivity (Wildman–Crippen MR) is 121 cm³/mol. The highest BCUT2D eigenvalue weighted by molar-refractivity contribution is 5.79. The minimum absolute atomic E-state index is 0.127. The zero-order chi connectivity index (χ0) is 21.8. The molecule has 2 saturated heterocycles. The second-order valence-electron chi connectivity index (χ2n) is 10.1. The molecule has 168 valence electrons. The molecule has 2 aliphatic rings. The molecule has 0 radical (unpaired) electrons. The Hall–Kier alpha value is -2.21. The summed E-state index contributed by atoms with van der Waals surface area (Å²) < 4.78 is 5.52. The number of hydrogen-bond acceptors (Lipinski definition) is 5. The Balaban J connectivity index is 1.29. The fraction of sp³-hybridized carbons (Fsp3) is 0.640. The second-order valence-corrected chi connectivity index (χ2v) is 10.1. The quantitative estimate of drug-likeness (QED) is 0.715. The molecular weight excluding hydrogens is 388 g/mol. The van der Waals surface area contributed by atoms with Gasteiger partial charge in [0.05, 0.1) is 6.54 Å². The van der Waals surface area contributed by atoms with E-state index in [1.54, 1.807) is 0 Å². The molecule has 0 bridgehead atoms. The largest absolute Gasteiger partial charge is 0.342 e. The van der Waals surface area contributed by atoms with Crippen molar-refractivity contribution in [2.75, 3.05) is 26.2 Å². The highest BCUT2D eigenvalue weighted by Crippen LogP contribution is 2.26. The summed E-state index contributed by atoms with van der Waals surface area (Å²) in [6.07, 6.45) is 6.67. The van der Waals surface area contributed by atoms with Gasteiger partial charge >= 0.3 is 0 Å². The lowest BCUT2D eigenvalue weighted by molar-refractivity contribution is -0.137. The molecule has 0 saturated carbocycles. The lowest BCUT2D eigenvalue weighted by Crippen LogP contribution is -2.42. The summed E-state index contributed by atoms with van der Waals surface area (Å²) in [7, 11) is 0. The molecule has 0 aliphatic carbocycles. The lowest BCUT2D eigenvalue weighted by Gasteiger charge is -2.33. The van der Waals surface area contributed by atoms with Gasteiger partial charge in [-0.25, -0.2) is 0 Å². The number of benzene rings is 1. The van der Waals surface area contributed by atoms with Crippen LogP contribution < -0.4 is 0 Å². The maximum atomic E-state index is 12.9. The lowest BCUT2D eigenvalue weighted by atomic mass is 9.87. The van der Waals surface area contributed by atoms with E-state index in [9.17, 15) is 4.79 Å². The number of aromatic nitrogens is 2. The van der Waals surface area contributed by atoms with Gasteiger partial charge in [-0.3, -0.25) is 9.69 Å².